The van der Waals surface area contributed by atoms with Crippen LogP contribution in [0.1, 0.15) is 12.8 Å². The number of amides is 1. The number of hydrogen-bond acceptors (Lipinski definition) is 4. The third-order valence-corrected chi connectivity index (χ3v) is 2.33. The summed E-state index contributed by atoms with van der Waals surface area (Å²) >= 11 is 0. The Morgan fingerprint density at radius 1 is 1.28 bits per heavy atom. The number of aldehydes is 1. The third kappa shape index (κ3) is 5.31. The van der Waals surface area contributed by atoms with Crippen LogP contribution in [0.25, 0.3) is 0 Å². The molecule has 0 aliphatic carbocycles. The molecule has 0 saturated heterocycles. The number of carbonyl (C=O) groups excluding carboxylic acids is 1. The number of aliphatic hydroxyl groups excluding tert-OH is 1. The highest BCUT2D eigenvalue weighted by atomic mass is 16.4. The molecule has 1 rings (SSSR count). The molecule has 0 bridgehead atoms. The molecule has 2 unspecified atom stereocenters. The van der Waals surface area contributed by atoms with Crippen LogP contribution in [0.5, 0.6) is 0 Å². The van der Waals surface area contributed by atoms with E-state index in [1.165, 1.54) is 0 Å². The van der Waals surface area contributed by atoms with Crippen molar-refractivity contribution in [2.45, 2.75) is 25.1 Å². The van der Waals surface area contributed by atoms with Gasteiger partial charge in [-0.2, -0.15) is 0 Å². The second kappa shape index (κ2) is 7.29. The lowest BCUT2D eigenvalue weighted by Gasteiger charge is -2.16. The largest absolute Gasteiger partial charge is 0.465 e. The van der Waals surface area contributed by atoms with Crippen LogP contribution in [-0.4, -0.2) is 34.9 Å². The number of benzene rings is 1. The van der Waals surface area contributed by atoms with Gasteiger partial charge in [-0.3, -0.25) is 0 Å². The Labute approximate surface area is 105 Å². The number of aliphatic hydroxyl groups is 1. The molecule has 1 aromatic rings. The van der Waals surface area contributed by atoms with E-state index in [9.17, 15) is 14.7 Å². The van der Waals surface area contributed by atoms with Crippen LogP contribution in [0.15, 0.2) is 30.3 Å². The molecule has 0 heterocycles. The maximum absolute atomic E-state index is 10.6. The first-order chi connectivity index (χ1) is 8.61. The zero-order valence-corrected chi connectivity index (χ0v) is 9.74. The maximum atomic E-state index is 10.6. The number of para-hydroxylation sites is 1. The van der Waals surface area contributed by atoms with Crippen LogP contribution in [0.4, 0.5) is 10.5 Å². The molecule has 98 valence electrons. The smallest absolute Gasteiger partial charge is 0.405 e. The van der Waals surface area contributed by atoms with Crippen molar-refractivity contribution in [2.24, 2.45) is 0 Å². The lowest BCUT2D eigenvalue weighted by Crippen LogP contribution is -2.36. The van der Waals surface area contributed by atoms with E-state index in [1.807, 2.05) is 18.2 Å². The number of carbonyl (C=O) groups is 2. The third-order valence-electron chi connectivity index (χ3n) is 2.33. The fourth-order valence-electron chi connectivity index (χ4n) is 1.47. The maximum Gasteiger partial charge on any atom is 0.405 e. The van der Waals surface area contributed by atoms with Crippen molar-refractivity contribution < 1.29 is 19.8 Å². The average Bonchev–Trinajstić information content (AvgIpc) is 2.35. The zero-order valence-electron chi connectivity index (χ0n) is 9.74. The van der Waals surface area contributed by atoms with E-state index in [0.717, 1.165) is 5.69 Å². The van der Waals surface area contributed by atoms with Crippen molar-refractivity contribution in [2.75, 3.05) is 5.32 Å². The standard InChI is InChI=1S/C12H16N2O4/c15-8-10(14-12(17)18)6-7-11(16)13-9-4-2-1-3-5-9/h1-5,8,10-11,13-14,16H,6-7H2,(H,17,18). The number of anilines is 1. The summed E-state index contributed by atoms with van der Waals surface area (Å²) in [4.78, 5) is 20.9. The van der Waals surface area contributed by atoms with Crippen LogP contribution < -0.4 is 10.6 Å². The van der Waals surface area contributed by atoms with E-state index >= 15 is 0 Å². The van der Waals surface area contributed by atoms with Crippen LogP contribution in [-0.2, 0) is 4.79 Å². The van der Waals surface area contributed by atoms with Crippen molar-refractivity contribution in [3.05, 3.63) is 30.3 Å². The summed E-state index contributed by atoms with van der Waals surface area (Å²) in [5.74, 6) is 0. The van der Waals surface area contributed by atoms with Crippen molar-refractivity contribution in [3.63, 3.8) is 0 Å². The van der Waals surface area contributed by atoms with Gasteiger partial charge in [0, 0.05) is 5.69 Å². The van der Waals surface area contributed by atoms with Crippen LogP contribution in [0.3, 0.4) is 0 Å². The van der Waals surface area contributed by atoms with Gasteiger partial charge < -0.3 is 25.6 Å². The molecule has 6 heteroatoms. The Kier molecular flexibility index (Phi) is 5.66. The van der Waals surface area contributed by atoms with Crippen molar-refractivity contribution in [1.29, 1.82) is 0 Å². The molecular weight excluding hydrogens is 236 g/mol. The molecule has 0 aromatic heterocycles. The van der Waals surface area contributed by atoms with Crippen LogP contribution >= 0.6 is 0 Å². The minimum absolute atomic E-state index is 0.233. The Morgan fingerprint density at radius 3 is 2.50 bits per heavy atom. The molecular formula is C12H16N2O4. The molecule has 4 N–H and O–H groups in total. The predicted molar refractivity (Wildman–Crippen MR) is 66.3 cm³/mol. The summed E-state index contributed by atoms with van der Waals surface area (Å²) in [6, 6.07) is 8.32. The normalized spacial score (nSPS) is 13.4. The highest BCUT2D eigenvalue weighted by Crippen LogP contribution is 2.09. The van der Waals surface area contributed by atoms with Gasteiger partial charge in [-0.15, -0.1) is 0 Å². The second-order valence-corrected chi connectivity index (χ2v) is 3.80. The lowest BCUT2D eigenvalue weighted by molar-refractivity contribution is -0.109. The van der Waals surface area contributed by atoms with Crippen molar-refractivity contribution >= 4 is 18.1 Å². The molecule has 1 amide bonds. The lowest BCUT2D eigenvalue weighted by atomic mass is 10.1. The molecule has 0 aliphatic heterocycles. The van der Waals surface area contributed by atoms with Gasteiger partial charge in [0.05, 0.1) is 6.04 Å². The Morgan fingerprint density at radius 2 is 1.94 bits per heavy atom. The van der Waals surface area contributed by atoms with E-state index in [1.54, 1.807) is 12.1 Å². The number of rotatable bonds is 7. The Balaban J connectivity index is 2.34. The van der Waals surface area contributed by atoms with E-state index in [0.29, 0.717) is 6.29 Å². The fraction of sp³-hybridized carbons (Fsp3) is 0.333. The summed E-state index contributed by atoms with van der Waals surface area (Å²) < 4.78 is 0. The summed E-state index contributed by atoms with van der Waals surface area (Å²) in [7, 11) is 0. The first-order valence-corrected chi connectivity index (χ1v) is 5.56. The minimum atomic E-state index is -1.25. The summed E-state index contributed by atoms with van der Waals surface area (Å²) in [6.07, 6.45) is -1.07. The SMILES string of the molecule is O=CC(CCC(O)Nc1ccccc1)NC(=O)O. The van der Waals surface area contributed by atoms with Gasteiger partial charge in [-0.05, 0) is 25.0 Å². The van der Waals surface area contributed by atoms with Gasteiger partial charge in [0.25, 0.3) is 0 Å². The Bertz CT molecular complexity index is 383. The number of hydrogen-bond donors (Lipinski definition) is 4. The predicted octanol–water partition coefficient (Wildman–Crippen LogP) is 1.03. The summed E-state index contributed by atoms with van der Waals surface area (Å²) in [6.45, 7) is 0. The van der Waals surface area contributed by atoms with Gasteiger partial charge in [0.1, 0.15) is 12.5 Å². The van der Waals surface area contributed by atoms with Gasteiger partial charge in [0.15, 0.2) is 0 Å². The first kappa shape index (κ1) is 14.0. The quantitative estimate of drug-likeness (QED) is 0.429. The second-order valence-electron chi connectivity index (χ2n) is 3.80. The van der Waals surface area contributed by atoms with Gasteiger partial charge in [-0.25, -0.2) is 4.79 Å². The number of nitrogens with one attached hydrogen (secondary N) is 2. The van der Waals surface area contributed by atoms with E-state index in [4.69, 9.17) is 5.11 Å². The molecule has 0 radical (unpaired) electrons. The molecule has 18 heavy (non-hydrogen) atoms. The van der Waals surface area contributed by atoms with Gasteiger partial charge >= 0.3 is 6.09 Å². The number of carboxylic acid groups (broad SMARTS) is 1. The molecule has 6 nitrogen and oxygen atoms in total. The van der Waals surface area contributed by atoms with E-state index in [-0.39, 0.29) is 12.8 Å². The molecule has 0 saturated carbocycles. The monoisotopic (exact) mass is 252 g/mol. The highest BCUT2D eigenvalue weighted by Gasteiger charge is 2.12. The minimum Gasteiger partial charge on any atom is -0.465 e. The average molecular weight is 252 g/mol. The molecule has 0 aliphatic rings. The summed E-state index contributed by atoms with van der Waals surface area (Å²) in [5.41, 5.74) is 0.763. The van der Waals surface area contributed by atoms with E-state index < -0.39 is 18.4 Å². The zero-order chi connectivity index (χ0) is 13.4. The Hall–Kier alpha value is -2.08. The van der Waals surface area contributed by atoms with Crippen molar-refractivity contribution in [1.82, 2.24) is 5.32 Å². The molecule has 2 atom stereocenters. The topological polar surface area (TPSA) is 98.7 Å². The first-order valence-electron chi connectivity index (χ1n) is 5.56. The van der Waals surface area contributed by atoms with Crippen LogP contribution in [0.2, 0.25) is 0 Å². The van der Waals surface area contributed by atoms with Crippen molar-refractivity contribution in [3.8, 4) is 0 Å². The molecule has 0 fully saturated rings. The summed E-state index contributed by atoms with van der Waals surface area (Å²) in [5, 5.41) is 23.0. The molecule has 0 spiro atoms. The fourth-order valence-corrected chi connectivity index (χ4v) is 1.47. The van der Waals surface area contributed by atoms with Gasteiger partial charge in [0.2, 0.25) is 0 Å². The molecule has 1 aromatic carbocycles. The van der Waals surface area contributed by atoms with E-state index in [2.05, 4.69) is 10.6 Å². The highest BCUT2D eigenvalue weighted by molar-refractivity contribution is 5.71. The van der Waals surface area contributed by atoms with Crippen LogP contribution in [0, 0.1) is 0 Å². The van der Waals surface area contributed by atoms with Gasteiger partial charge in [-0.1, -0.05) is 18.2 Å².